The Bertz CT molecular complexity index is 209. The van der Waals surface area contributed by atoms with E-state index in [0.29, 0.717) is 11.2 Å². The minimum Gasteiger partial charge on any atom is -0.300 e. The van der Waals surface area contributed by atoms with Crippen molar-refractivity contribution >= 4 is 5.78 Å². The summed E-state index contributed by atoms with van der Waals surface area (Å²) in [5.74, 6) is 1.41. The summed E-state index contributed by atoms with van der Waals surface area (Å²) >= 11 is 0. The van der Waals surface area contributed by atoms with E-state index in [2.05, 4.69) is 6.92 Å². The highest BCUT2D eigenvalue weighted by Crippen LogP contribution is 2.54. The van der Waals surface area contributed by atoms with Gasteiger partial charge in [-0.15, -0.1) is 0 Å². The fraction of sp³-hybridized carbons (Fsp3) is 0.917. The molecule has 2 fully saturated rings. The van der Waals surface area contributed by atoms with Crippen LogP contribution in [0.2, 0.25) is 0 Å². The first kappa shape index (κ1) is 9.23. The smallest absolute Gasteiger partial charge is 0.133 e. The monoisotopic (exact) mass is 180 g/mol. The van der Waals surface area contributed by atoms with E-state index in [1.165, 1.54) is 38.5 Å². The Morgan fingerprint density at radius 3 is 2.92 bits per heavy atom. The standard InChI is InChI=1S/C12H20O/c1-2-4-10-5-3-7-12(10)8-6-11(13)9-12/h10H,2-9H2,1H3. The van der Waals surface area contributed by atoms with Gasteiger partial charge < -0.3 is 0 Å². The first-order chi connectivity index (χ1) is 6.27. The highest BCUT2D eigenvalue weighted by atomic mass is 16.1. The lowest BCUT2D eigenvalue weighted by molar-refractivity contribution is -0.118. The molecule has 0 aromatic heterocycles. The summed E-state index contributed by atoms with van der Waals surface area (Å²) in [4.78, 5) is 11.4. The zero-order chi connectivity index (χ0) is 9.31. The van der Waals surface area contributed by atoms with E-state index in [1.54, 1.807) is 0 Å². The van der Waals surface area contributed by atoms with Crippen LogP contribution in [0.3, 0.4) is 0 Å². The van der Waals surface area contributed by atoms with Crippen LogP contribution in [0.15, 0.2) is 0 Å². The minimum absolute atomic E-state index is 0.479. The Balaban J connectivity index is 2.07. The van der Waals surface area contributed by atoms with Crippen LogP contribution in [0.5, 0.6) is 0 Å². The van der Waals surface area contributed by atoms with Crippen molar-refractivity contribution in [1.29, 1.82) is 0 Å². The number of hydrogen-bond donors (Lipinski definition) is 0. The highest BCUT2D eigenvalue weighted by Gasteiger charge is 2.46. The van der Waals surface area contributed by atoms with Crippen LogP contribution in [-0.4, -0.2) is 5.78 Å². The van der Waals surface area contributed by atoms with Crippen LogP contribution in [0.4, 0.5) is 0 Å². The maximum atomic E-state index is 11.4. The summed E-state index contributed by atoms with van der Waals surface area (Å²) in [6.07, 6.45) is 9.74. The fourth-order valence-electron chi connectivity index (χ4n) is 3.53. The predicted molar refractivity (Wildman–Crippen MR) is 53.5 cm³/mol. The average molecular weight is 180 g/mol. The molecule has 0 saturated heterocycles. The van der Waals surface area contributed by atoms with Crippen molar-refractivity contribution in [3.63, 3.8) is 0 Å². The van der Waals surface area contributed by atoms with Crippen LogP contribution < -0.4 is 0 Å². The molecule has 0 N–H and O–H groups in total. The lowest BCUT2D eigenvalue weighted by Crippen LogP contribution is -2.22. The Morgan fingerprint density at radius 1 is 1.46 bits per heavy atom. The SMILES string of the molecule is CCCC1CCCC12CCC(=O)C2. The van der Waals surface area contributed by atoms with Gasteiger partial charge in [-0.25, -0.2) is 0 Å². The van der Waals surface area contributed by atoms with E-state index in [4.69, 9.17) is 0 Å². The fourth-order valence-corrected chi connectivity index (χ4v) is 3.53. The second-order valence-corrected chi connectivity index (χ2v) is 4.96. The quantitative estimate of drug-likeness (QED) is 0.637. The van der Waals surface area contributed by atoms with E-state index in [0.717, 1.165) is 18.8 Å². The number of carbonyl (C=O) groups is 1. The van der Waals surface area contributed by atoms with E-state index < -0.39 is 0 Å². The highest BCUT2D eigenvalue weighted by molar-refractivity contribution is 5.81. The molecule has 0 radical (unpaired) electrons. The molecule has 0 amide bonds. The van der Waals surface area contributed by atoms with Crippen molar-refractivity contribution < 1.29 is 4.79 Å². The Morgan fingerprint density at radius 2 is 2.31 bits per heavy atom. The Hall–Kier alpha value is -0.330. The van der Waals surface area contributed by atoms with Crippen molar-refractivity contribution in [3.05, 3.63) is 0 Å². The molecule has 1 nitrogen and oxygen atoms in total. The maximum absolute atomic E-state index is 11.4. The molecule has 2 aliphatic carbocycles. The third kappa shape index (κ3) is 1.53. The zero-order valence-corrected chi connectivity index (χ0v) is 8.64. The molecule has 0 aromatic rings. The van der Waals surface area contributed by atoms with Gasteiger partial charge in [-0.3, -0.25) is 4.79 Å². The van der Waals surface area contributed by atoms with Gasteiger partial charge in [0.25, 0.3) is 0 Å². The second-order valence-electron chi connectivity index (χ2n) is 4.96. The van der Waals surface area contributed by atoms with Crippen molar-refractivity contribution in [3.8, 4) is 0 Å². The topological polar surface area (TPSA) is 17.1 Å². The summed E-state index contributed by atoms with van der Waals surface area (Å²) in [7, 11) is 0. The number of hydrogen-bond acceptors (Lipinski definition) is 1. The summed E-state index contributed by atoms with van der Waals surface area (Å²) in [6, 6.07) is 0. The molecule has 2 aliphatic rings. The minimum atomic E-state index is 0.479. The molecule has 74 valence electrons. The normalized spacial score (nSPS) is 39.2. The molecule has 0 aliphatic heterocycles. The molecular formula is C12H20O. The third-order valence-electron chi connectivity index (χ3n) is 4.18. The lowest BCUT2D eigenvalue weighted by Gasteiger charge is -2.30. The first-order valence-electron chi connectivity index (χ1n) is 5.78. The number of Topliss-reactive ketones (excluding diaryl/α,β-unsaturated/α-hetero) is 1. The third-order valence-corrected chi connectivity index (χ3v) is 4.18. The molecule has 2 saturated carbocycles. The average Bonchev–Trinajstić information content (AvgIpc) is 2.64. The molecule has 0 bridgehead atoms. The number of rotatable bonds is 2. The van der Waals surface area contributed by atoms with Gasteiger partial charge >= 0.3 is 0 Å². The second kappa shape index (κ2) is 3.43. The van der Waals surface area contributed by atoms with Crippen molar-refractivity contribution in [2.24, 2.45) is 11.3 Å². The van der Waals surface area contributed by atoms with Crippen molar-refractivity contribution in [2.75, 3.05) is 0 Å². The lowest BCUT2D eigenvalue weighted by atomic mass is 9.74. The predicted octanol–water partition coefficient (Wildman–Crippen LogP) is 3.33. The molecule has 2 rings (SSSR count). The molecule has 0 aromatic carbocycles. The summed E-state index contributed by atoms with van der Waals surface area (Å²) in [5, 5.41) is 0. The van der Waals surface area contributed by atoms with Gasteiger partial charge in [0.2, 0.25) is 0 Å². The number of ketones is 1. The molecule has 2 atom stereocenters. The van der Waals surface area contributed by atoms with Crippen LogP contribution in [0, 0.1) is 11.3 Å². The van der Waals surface area contributed by atoms with Gasteiger partial charge in [0, 0.05) is 12.8 Å². The Kier molecular flexibility index (Phi) is 2.44. The van der Waals surface area contributed by atoms with E-state index >= 15 is 0 Å². The largest absolute Gasteiger partial charge is 0.300 e. The van der Waals surface area contributed by atoms with E-state index in [1.807, 2.05) is 0 Å². The number of carbonyl (C=O) groups excluding carboxylic acids is 1. The molecular weight excluding hydrogens is 160 g/mol. The summed E-state index contributed by atoms with van der Waals surface area (Å²) in [6.45, 7) is 2.27. The van der Waals surface area contributed by atoms with Crippen LogP contribution in [-0.2, 0) is 4.79 Å². The molecule has 1 spiro atoms. The van der Waals surface area contributed by atoms with E-state index in [9.17, 15) is 4.79 Å². The van der Waals surface area contributed by atoms with Gasteiger partial charge in [0.15, 0.2) is 0 Å². The molecule has 1 heteroatoms. The molecule has 2 unspecified atom stereocenters. The Labute approximate surface area is 80.9 Å². The maximum Gasteiger partial charge on any atom is 0.133 e. The molecule has 13 heavy (non-hydrogen) atoms. The summed E-state index contributed by atoms with van der Waals surface area (Å²) < 4.78 is 0. The zero-order valence-electron chi connectivity index (χ0n) is 8.64. The van der Waals surface area contributed by atoms with Gasteiger partial charge in [0.1, 0.15) is 5.78 Å². The van der Waals surface area contributed by atoms with E-state index in [-0.39, 0.29) is 0 Å². The van der Waals surface area contributed by atoms with Gasteiger partial charge in [0.05, 0.1) is 0 Å². The van der Waals surface area contributed by atoms with Crippen LogP contribution in [0.25, 0.3) is 0 Å². The summed E-state index contributed by atoms with van der Waals surface area (Å²) in [5.41, 5.74) is 0.479. The molecule has 0 heterocycles. The first-order valence-corrected chi connectivity index (χ1v) is 5.78. The van der Waals surface area contributed by atoms with Gasteiger partial charge in [-0.1, -0.05) is 26.2 Å². The van der Waals surface area contributed by atoms with Gasteiger partial charge in [-0.05, 0) is 30.6 Å². The van der Waals surface area contributed by atoms with Crippen LogP contribution in [0.1, 0.15) is 58.3 Å². The van der Waals surface area contributed by atoms with Crippen molar-refractivity contribution in [1.82, 2.24) is 0 Å². The van der Waals surface area contributed by atoms with Crippen LogP contribution >= 0.6 is 0 Å². The van der Waals surface area contributed by atoms with Crippen molar-refractivity contribution in [2.45, 2.75) is 58.3 Å². The van der Waals surface area contributed by atoms with Gasteiger partial charge in [-0.2, -0.15) is 0 Å².